The summed E-state index contributed by atoms with van der Waals surface area (Å²) in [6.45, 7) is 1.83. The second-order valence-electron chi connectivity index (χ2n) is 5.08. The Bertz CT molecular complexity index is 814. The Balaban J connectivity index is 1.68. The molecule has 24 heavy (non-hydrogen) atoms. The van der Waals surface area contributed by atoms with Gasteiger partial charge in [0.05, 0.1) is 4.88 Å². The van der Waals surface area contributed by atoms with E-state index in [-0.39, 0.29) is 0 Å². The Morgan fingerprint density at radius 1 is 1.33 bits per heavy atom. The fourth-order valence-corrected chi connectivity index (χ4v) is 2.69. The molecule has 0 aliphatic heterocycles. The molecule has 1 atom stereocenters. The summed E-state index contributed by atoms with van der Waals surface area (Å²) in [7, 11) is 1.60. The molecule has 1 aromatic carbocycles. The molecule has 2 heterocycles. The fraction of sp³-hybridized carbons (Fsp3) is 0.188. The number of carbonyl (C=O) groups excluding carboxylic acids is 1. The molecule has 8 heteroatoms. The SMILES string of the molecule is C[C@@H](Oc1ccc(N(C)C(N)=O)cc1)c1nc(-c2cccs2)no1. The molecule has 0 spiro atoms. The van der Waals surface area contributed by atoms with Crippen molar-refractivity contribution < 1.29 is 14.1 Å². The number of primary amides is 1. The van der Waals surface area contributed by atoms with Gasteiger partial charge in [-0.3, -0.25) is 4.90 Å². The number of ether oxygens (including phenoxy) is 1. The van der Waals surface area contributed by atoms with Crippen LogP contribution in [0.3, 0.4) is 0 Å². The van der Waals surface area contributed by atoms with Gasteiger partial charge >= 0.3 is 6.03 Å². The van der Waals surface area contributed by atoms with Crippen LogP contribution >= 0.6 is 11.3 Å². The number of nitrogens with zero attached hydrogens (tertiary/aromatic N) is 3. The van der Waals surface area contributed by atoms with Crippen molar-refractivity contribution in [2.45, 2.75) is 13.0 Å². The fourth-order valence-electron chi connectivity index (χ4n) is 2.04. The highest BCUT2D eigenvalue weighted by Gasteiger charge is 2.17. The monoisotopic (exact) mass is 344 g/mol. The van der Waals surface area contributed by atoms with Crippen molar-refractivity contribution in [2.75, 3.05) is 11.9 Å². The molecule has 0 unspecified atom stereocenters. The third-order valence-corrected chi connectivity index (χ3v) is 4.26. The first kappa shape index (κ1) is 16.0. The van der Waals surface area contributed by atoms with E-state index in [1.165, 1.54) is 4.90 Å². The molecule has 2 N–H and O–H groups in total. The predicted molar refractivity (Wildman–Crippen MR) is 91.1 cm³/mol. The van der Waals surface area contributed by atoms with E-state index in [0.29, 0.717) is 23.2 Å². The second-order valence-corrected chi connectivity index (χ2v) is 6.03. The Kier molecular flexibility index (Phi) is 4.48. The van der Waals surface area contributed by atoms with Gasteiger partial charge in [0.1, 0.15) is 5.75 Å². The highest BCUT2D eigenvalue weighted by Crippen LogP contribution is 2.26. The first-order chi connectivity index (χ1) is 11.5. The van der Waals surface area contributed by atoms with E-state index in [4.69, 9.17) is 15.0 Å². The van der Waals surface area contributed by atoms with Gasteiger partial charge in [-0.2, -0.15) is 4.98 Å². The maximum absolute atomic E-state index is 11.1. The molecule has 2 aromatic heterocycles. The predicted octanol–water partition coefficient (Wildman–Crippen LogP) is 3.45. The second kappa shape index (κ2) is 6.71. The Labute approximate surface area is 142 Å². The molecule has 3 rings (SSSR count). The van der Waals surface area contributed by atoms with Crippen LogP contribution in [-0.4, -0.2) is 23.2 Å². The van der Waals surface area contributed by atoms with Crippen molar-refractivity contribution in [3.05, 3.63) is 47.7 Å². The van der Waals surface area contributed by atoms with Crippen molar-refractivity contribution in [1.82, 2.24) is 10.1 Å². The van der Waals surface area contributed by atoms with E-state index in [2.05, 4.69) is 10.1 Å². The number of urea groups is 1. The van der Waals surface area contributed by atoms with Gasteiger partial charge in [0.2, 0.25) is 5.82 Å². The Hall–Kier alpha value is -2.87. The van der Waals surface area contributed by atoms with Crippen LogP contribution in [0.4, 0.5) is 10.5 Å². The van der Waals surface area contributed by atoms with E-state index in [9.17, 15) is 4.79 Å². The minimum Gasteiger partial charge on any atom is -0.481 e. The van der Waals surface area contributed by atoms with E-state index in [1.807, 2.05) is 24.4 Å². The molecule has 7 nitrogen and oxygen atoms in total. The van der Waals surface area contributed by atoms with E-state index in [0.717, 1.165) is 4.88 Å². The van der Waals surface area contributed by atoms with E-state index < -0.39 is 12.1 Å². The van der Waals surface area contributed by atoms with Gasteiger partial charge in [-0.25, -0.2) is 4.79 Å². The Morgan fingerprint density at radius 3 is 2.71 bits per heavy atom. The minimum absolute atomic E-state index is 0.397. The average molecular weight is 344 g/mol. The topological polar surface area (TPSA) is 94.5 Å². The standard InChI is InChI=1S/C16H16N4O3S/c1-10(15-18-14(19-23-15)13-4-3-9-24-13)22-12-7-5-11(6-8-12)20(2)16(17)21/h3-10H,1-2H3,(H2,17,21)/t10-/m1/s1. The summed E-state index contributed by atoms with van der Waals surface area (Å²) >= 11 is 1.54. The highest BCUT2D eigenvalue weighted by molar-refractivity contribution is 7.13. The van der Waals surface area contributed by atoms with Crippen LogP contribution in [0, 0.1) is 0 Å². The van der Waals surface area contributed by atoms with Gasteiger partial charge < -0.3 is 15.0 Å². The van der Waals surface area contributed by atoms with Crippen molar-refractivity contribution in [3.8, 4) is 16.5 Å². The number of nitrogens with two attached hydrogens (primary N) is 1. The number of amides is 2. The maximum Gasteiger partial charge on any atom is 0.318 e. The van der Waals surface area contributed by atoms with Gasteiger partial charge in [-0.05, 0) is 42.6 Å². The zero-order chi connectivity index (χ0) is 17.1. The first-order valence-electron chi connectivity index (χ1n) is 7.22. The molecule has 0 bridgehead atoms. The molecule has 0 fully saturated rings. The zero-order valence-electron chi connectivity index (χ0n) is 13.2. The lowest BCUT2D eigenvalue weighted by Crippen LogP contribution is -2.31. The third kappa shape index (κ3) is 3.38. The summed E-state index contributed by atoms with van der Waals surface area (Å²) in [4.78, 5) is 17.8. The average Bonchev–Trinajstić information content (AvgIpc) is 3.26. The van der Waals surface area contributed by atoms with Crippen LogP contribution in [0.25, 0.3) is 10.7 Å². The lowest BCUT2D eigenvalue weighted by atomic mass is 10.3. The summed E-state index contributed by atoms with van der Waals surface area (Å²) in [6, 6.07) is 10.3. The zero-order valence-corrected chi connectivity index (χ0v) is 14.0. The van der Waals surface area contributed by atoms with Crippen molar-refractivity contribution in [1.29, 1.82) is 0 Å². The number of hydrogen-bond donors (Lipinski definition) is 1. The number of benzene rings is 1. The largest absolute Gasteiger partial charge is 0.481 e. The van der Waals surface area contributed by atoms with Gasteiger partial charge in [0.25, 0.3) is 5.89 Å². The summed E-state index contributed by atoms with van der Waals surface area (Å²) in [6.07, 6.45) is -0.397. The number of aromatic nitrogens is 2. The highest BCUT2D eigenvalue weighted by atomic mass is 32.1. The van der Waals surface area contributed by atoms with Crippen molar-refractivity contribution >= 4 is 23.1 Å². The van der Waals surface area contributed by atoms with Gasteiger partial charge in [-0.15, -0.1) is 11.3 Å². The van der Waals surface area contributed by atoms with Crippen LogP contribution < -0.4 is 15.4 Å². The molecule has 124 valence electrons. The van der Waals surface area contributed by atoms with Crippen LogP contribution in [-0.2, 0) is 0 Å². The van der Waals surface area contributed by atoms with Crippen molar-refractivity contribution in [3.63, 3.8) is 0 Å². The third-order valence-electron chi connectivity index (χ3n) is 3.40. The summed E-state index contributed by atoms with van der Waals surface area (Å²) in [5, 5.41) is 5.92. The summed E-state index contributed by atoms with van der Waals surface area (Å²) in [5.41, 5.74) is 5.92. The molecule has 0 radical (unpaired) electrons. The van der Waals surface area contributed by atoms with Gasteiger partial charge in [0, 0.05) is 12.7 Å². The van der Waals surface area contributed by atoms with E-state index >= 15 is 0 Å². The first-order valence-corrected chi connectivity index (χ1v) is 8.10. The molecular weight excluding hydrogens is 328 g/mol. The van der Waals surface area contributed by atoms with Gasteiger partial charge in [0.15, 0.2) is 6.10 Å². The van der Waals surface area contributed by atoms with Crippen LogP contribution in [0.15, 0.2) is 46.3 Å². The molecule has 0 saturated heterocycles. The lowest BCUT2D eigenvalue weighted by molar-refractivity contribution is 0.176. The number of thiophene rings is 1. The number of carbonyl (C=O) groups is 1. The molecular formula is C16H16N4O3S. The minimum atomic E-state index is -0.524. The normalized spacial score (nSPS) is 11.9. The molecule has 2 amide bonds. The van der Waals surface area contributed by atoms with Crippen molar-refractivity contribution in [2.24, 2.45) is 5.73 Å². The number of anilines is 1. The van der Waals surface area contributed by atoms with Crippen LogP contribution in [0.2, 0.25) is 0 Å². The Morgan fingerprint density at radius 2 is 2.08 bits per heavy atom. The molecule has 0 saturated carbocycles. The van der Waals surface area contributed by atoms with Gasteiger partial charge in [-0.1, -0.05) is 11.2 Å². The maximum atomic E-state index is 11.1. The number of hydrogen-bond acceptors (Lipinski definition) is 6. The quantitative estimate of drug-likeness (QED) is 0.765. The van der Waals surface area contributed by atoms with E-state index in [1.54, 1.807) is 42.6 Å². The van der Waals surface area contributed by atoms with Crippen LogP contribution in [0.1, 0.15) is 18.9 Å². The van der Waals surface area contributed by atoms with Crippen LogP contribution in [0.5, 0.6) is 5.75 Å². The summed E-state index contributed by atoms with van der Waals surface area (Å²) in [5.74, 6) is 1.57. The number of rotatable bonds is 5. The molecule has 0 aliphatic carbocycles. The summed E-state index contributed by atoms with van der Waals surface area (Å²) < 4.78 is 11.1. The lowest BCUT2D eigenvalue weighted by Gasteiger charge is -2.15. The molecule has 3 aromatic rings. The molecule has 0 aliphatic rings. The smallest absolute Gasteiger partial charge is 0.318 e.